The van der Waals surface area contributed by atoms with E-state index in [9.17, 15) is 4.39 Å². The first kappa shape index (κ1) is 15.0. The average Bonchev–Trinajstić information content (AvgIpc) is 2.30. The van der Waals surface area contributed by atoms with Crippen molar-refractivity contribution >= 4 is 5.69 Å². The van der Waals surface area contributed by atoms with Crippen molar-refractivity contribution in [2.75, 3.05) is 25.0 Å². The third-order valence-corrected chi connectivity index (χ3v) is 3.37. The van der Waals surface area contributed by atoms with E-state index in [0.717, 1.165) is 18.8 Å². The zero-order valence-corrected chi connectivity index (χ0v) is 12.1. The van der Waals surface area contributed by atoms with Gasteiger partial charge >= 0.3 is 0 Å². The Kier molecular flexibility index (Phi) is 5.15. The maximum atomic E-state index is 12.9. The lowest BCUT2D eigenvalue weighted by Gasteiger charge is -2.36. The van der Waals surface area contributed by atoms with Gasteiger partial charge in [0.1, 0.15) is 5.82 Å². The van der Waals surface area contributed by atoms with Gasteiger partial charge in [0, 0.05) is 24.8 Å². The minimum atomic E-state index is -0.184. The minimum absolute atomic E-state index is 0.184. The highest BCUT2D eigenvalue weighted by molar-refractivity contribution is 5.46. The molecule has 0 aromatic heterocycles. The van der Waals surface area contributed by atoms with Gasteiger partial charge in [0.2, 0.25) is 0 Å². The maximum absolute atomic E-state index is 12.9. The Hall–Kier alpha value is -1.09. The lowest BCUT2D eigenvalue weighted by atomic mass is 9.86. The van der Waals surface area contributed by atoms with Crippen LogP contribution in [0, 0.1) is 11.2 Å². The molecule has 0 bridgehead atoms. The second-order valence-corrected chi connectivity index (χ2v) is 5.72. The number of halogens is 1. The molecule has 3 heteroatoms. The summed E-state index contributed by atoms with van der Waals surface area (Å²) in [6, 6.07) is 7.11. The van der Waals surface area contributed by atoms with Crippen molar-refractivity contribution in [3.05, 3.63) is 30.1 Å². The summed E-state index contributed by atoms with van der Waals surface area (Å²) < 4.78 is 12.9. The molecule has 1 aromatic rings. The van der Waals surface area contributed by atoms with E-state index in [1.807, 2.05) is 19.2 Å². The fraction of sp³-hybridized carbons (Fsp3) is 0.600. The lowest BCUT2D eigenvalue weighted by Crippen LogP contribution is -2.47. The molecule has 0 fully saturated rings. The third kappa shape index (κ3) is 3.98. The van der Waals surface area contributed by atoms with Crippen molar-refractivity contribution in [1.29, 1.82) is 0 Å². The molecule has 1 atom stereocenters. The van der Waals surface area contributed by atoms with Gasteiger partial charge in [0.25, 0.3) is 0 Å². The molecule has 0 aliphatic rings. The van der Waals surface area contributed by atoms with Crippen molar-refractivity contribution < 1.29 is 4.39 Å². The highest BCUT2D eigenvalue weighted by Gasteiger charge is 2.24. The Bertz CT molecular complexity index is 354. The summed E-state index contributed by atoms with van der Waals surface area (Å²) >= 11 is 0. The SMILES string of the molecule is CCN(CC(NC)C(C)(C)C)c1ccc(F)cc1. The monoisotopic (exact) mass is 252 g/mol. The van der Waals surface area contributed by atoms with E-state index >= 15 is 0 Å². The highest BCUT2D eigenvalue weighted by atomic mass is 19.1. The summed E-state index contributed by atoms with van der Waals surface area (Å²) in [4.78, 5) is 2.27. The van der Waals surface area contributed by atoms with Gasteiger partial charge in [-0.25, -0.2) is 4.39 Å². The third-order valence-electron chi connectivity index (χ3n) is 3.37. The highest BCUT2D eigenvalue weighted by Crippen LogP contribution is 2.22. The predicted molar refractivity (Wildman–Crippen MR) is 76.6 cm³/mol. The molecule has 1 N–H and O–H groups in total. The molecule has 0 radical (unpaired) electrons. The molecule has 1 rings (SSSR count). The largest absolute Gasteiger partial charge is 0.370 e. The van der Waals surface area contributed by atoms with E-state index < -0.39 is 0 Å². The topological polar surface area (TPSA) is 15.3 Å². The first-order chi connectivity index (χ1) is 8.38. The summed E-state index contributed by atoms with van der Waals surface area (Å²) in [6.07, 6.45) is 0. The molecular weight excluding hydrogens is 227 g/mol. The first-order valence-corrected chi connectivity index (χ1v) is 6.56. The number of likely N-dealkylation sites (N-methyl/N-ethyl adjacent to an activating group) is 2. The van der Waals surface area contributed by atoms with Gasteiger partial charge in [-0.05, 0) is 43.7 Å². The van der Waals surface area contributed by atoms with Crippen LogP contribution in [0.1, 0.15) is 27.7 Å². The summed E-state index contributed by atoms with van der Waals surface area (Å²) in [5, 5.41) is 3.37. The number of hydrogen-bond donors (Lipinski definition) is 1. The molecule has 102 valence electrons. The lowest BCUT2D eigenvalue weighted by molar-refractivity contribution is 0.283. The van der Waals surface area contributed by atoms with E-state index in [4.69, 9.17) is 0 Å². The number of nitrogens with one attached hydrogen (secondary N) is 1. The molecule has 0 aliphatic heterocycles. The molecule has 0 aliphatic carbocycles. The van der Waals surface area contributed by atoms with E-state index in [0.29, 0.717) is 6.04 Å². The van der Waals surface area contributed by atoms with Crippen LogP contribution < -0.4 is 10.2 Å². The second kappa shape index (κ2) is 6.19. The van der Waals surface area contributed by atoms with Crippen LogP contribution in [0.15, 0.2) is 24.3 Å². The average molecular weight is 252 g/mol. The molecule has 0 saturated carbocycles. The van der Waals surface area contributed by atoms with Gasteiger partial charge in [-0.1, -0.05) is 20.8 Å². The number of hydrogen-bond acceptors (Lipinski definition) is 2. The maximum Gasteiger partial charge on any atom is 0.123 e. The Morgan fingerprint density at radius 2 is 1.78 bits per heavy atom. The van der Waals surface area contributed by atoms with Crippen LogP contribution in [-0.2, 0) is 0 Å². The van der Waals surface area contributed by atoms with Crippen molar-refractivity contribution in [1.82, 2.24) is 5.32 Å². The first-order valence-electron chi connectivity index (χ1n) is 6.56. The quantitative estimate of drug-likeness (QED) is 0.865. The van der Waals surface area contributed by atoms with Crippen molar-refractivity contribution in [3.63, 3.8) is 0 Å². The van der Waals surface area contributed by atoms with Gasteiger partial charge in [0.05, 0.1) is 0 Å². The summed E-state index contributed by atoms with van der Waals surface area (Å²) in [6.45, 7) is 10.6. The Balaban J connectivity index is 2.81. The molecule has 18 heavy (non-hydrogen) atoms. The molecular formula is C15H25FN2. The van der Waals surface area contributed by atoms with E-state index in [1.165, 1.54) is 12.1 Å². The van der Waals surface area contributed by atoms with Crippen LogP contribution in [0.25, 0.3) is 0 Å². The van der Waals surface area contributed by atoms with Gasteiger partial charge in [0.15, 0.2) is 0 Å². The van der Waals surface area contributed by atoms with E-state index in [1.54, 1.807) is 0 Å². The second-order valence-electron chi connectivity index (χ2n) is 5.72. The van der Waals surface area contributed by atoms with Gasteiger partial charge in [-0.15, -0.1) is 0 Å². The summed E-state index contributed by atoms with van der Waals surface area (Å²) in [5.41, 5.74) is 1.27. The van der Waals surface area contributed by atoms with Crippen LogP contribution in [0.4, 0.5) is 10.1 Å². The smallest absolute Gasteiger partial charge is 0.123 e. The number of rotatable bonds is 5. The summed E-state index contributed by atoms with van der Waals surface area (Å²) in [5.74, 6) is -0.184. The normalized spacial score (nSPS) is 13.4. The van der Waals surface area contributed by atoms with Crippen LogP contribution in [0.5, 0.6) is 0 Å². The molecule has 0 heterocycles. The molecule has 1 aromatic carbocycles. The van der Waals surface area contributed by atoms with Crippen molar-refractivity contribution in [3.8, 4) is 0 Å². The fourth-order valence-corrected chi connectivity index (χ4v) is 2.09. The summed E-state index contributed by atoms with van der Waals surface area (Å²) in [7, 11) is 1.99. The van der Waals surface area contributed by atoms with Gasteiger partial charge < -0.3 is 10.2 Å². The van der Waals surface area contributed by atoms with Crippen LogP contribution >= 0.6 is 0 Å². The van der Waals surface area contributed by atoms with Crippen molar-refractivity contribution in [2.45, 2.75) is 33.7 Å². The standard InChI is InChI=1S/C15H25FN2/c1-6-18(11-14(17-5)15(2,3)4)13-9-7-12(16)8-10-13/h7-10,14,17H,6,11H2,1-5H3. The molecule has 0 spiro atoms. The van der Waals surface area contributed by atoms with E-state index in [2.05, 4.69) is 37.9 Å². The fourth-order valence-electron chi connectivity index (χ4n) is 2.09. The van der Waals surface area contributed by atoms with Gasteiger partial charge in [-0.2, -0.15) is 0 Å². The Labute approximate surface area is 110 Å². The van der Waals surface area contributed by atoms with E-state index in [-0.39, 0.29) is 11.2 Å². The molecule has 2 nitrogen and oxygen atoms in total. The number of nitrogens with zero attached hydrogens (tertiary/aromatic N) is 1. The van der Waals surface area contributed by atoms with Crippen LogP contribution in [0.3, 0.4) is 0 Å². The Morgan fingerprint density at radius 3 is 2.17 bits per heavy atom. The van der Waals surface area contributed by atoms with Gasteiger partial charge in [-0.3, -0.25) is 0 Å². The number of benzene rings is 1. The molecule has 0 amide bonds. The molecule has 0 saturated heterocycles. The van der Waals surface area contributed by atoms with Crippen molar-refractivity contribution in [2.24, 2.45) is 5.41 Å². The minimum Gasteiger partial charge on any atom is -0.370 e. The zero-order valence-electron chi connectivity index (χ0n) is 12.1. The predicted octanol–water partition coefficient (Wildman–Crippen LogP) is 3.29. The zero-order chi connectivity index (χ0) is 13.8. The van der Waals surface area contributed by atoms with Crippen LogP contribution in [-0.4, -0.2) is 26.2 Å². The molecule has 1 unspecified atom stereocenters. The number of anilines is 1. The van der Waals surface area contributed by atoms with Crippen LogP contribution in [0.2, 0.25) is 0 Å². The Morgan fingerprint density at radius 1 is 1.22 bits per heavy atom.